The number of thioether (sulfide) groups is 1. The van der Waals surface area contributed by atoms with Crippen LogP contribution in [-0.2, 0) is 9.59 Å². The van der Waals surface area contributed by atoms with Crippen molar-refractivity contribution in [2.45, 2.75) is 24.0 Å². The Morgan fingerprint density at radius 1 is 0.857 bits per heavy atom. The molecule has 0 radical (unpaired) electrons. The van der Waals surface area contributed by atoms with Crippen LogP contribution in [0.1, 0.15) is 28.4 Å². The molecule has 1 unspecified atom stereocenters. The van der Waals surface area contributed by atoms with Gasteiger partial charge in [-0.25, -0.2) is 0 Å². The number of nitrogens with one attached hydrogen (secondary N) is 3. The van der Waals surface area contributed by atoms with Gasteiger partial charge < -0.3 is 20.7 Å². The second-order valence-corrected chi connectivity index (χ2v) is 11.2. The van der Waals surface area contributed by atoms with Crippen molar-refractivity contribution in [1.29, 1.82) is 0 Å². The molecule has 0 aliphatic heterocycles. The number of methoxy groups -OCH3 is 1. The smallest absolute Gasteiger partial charge is 0.272 e. The van der Waals surface area contributed by atoms with E-state index in [4.69, 9.17) is 16.3 Å². The molecule has 1 atom stereocenters. The fraction of sp³-hybridized carbons (Fsp3) is 0.121. The van der Waals surface area contributed by atoms with E-state index in [1.807, 2.05) is 44.2 Å². The highest BCUT2D eigenvalue weighted by Crippen LogP contribution is 2.27. The number of amides is 3. The van der Waals surface area contributed by atoms with Crippen LogP contribution in [0.4, 0.5) is 11.4 Å². The van der Waals surface area contributed by atoms with Crippen molar-refractivity contribution in [2.75, 3.05) is 17.7 Å². The first-order valence-electron chi connectivity index (χ1n) is 13.1. The predicted octanol–water partition coefficient (Wildman–Crippen LogP) is 7.19. The van der Waals surface area contributed by atoms with Gasteiger partial charge in [0.1, 0.15) is 11.4 Å². The van der Waals surface area contributed by atoms with Crippen LogP contribution >= 0.6 is 23.4 Å². The molecular formula is C33H30ClN3O4S. The first kappa shape index (κ1) is 30.4. The highest BCUT2D eigenvalue weighted by molar-refractivity contribution is 8.00. The van der Waals surface area contributed by atoms with E-state index in [2.05, 4.69) is 16.0 Å². The largest absolute Gasteiger partial charge is 0.497 e. The maximum absolute atomic E-state index is 13.3. The fourth-order valence-corrected chi connectivity index (χ4v) is 4.88. The van der Waals surface area contributed by atoms with E-state index in [1.165, 1.54) is 11.8 Å². The molecule has 4 aromatic carbocycles. The number of ether oxygens (including phenoxy) is 1. The van der Waals surface area contributed by atoms with Gasteiger partial charge in [-0.1, -0.05) is 48.0 Å². The van der Waals surface area contributed by atoms with Crippen LogP contribution in [0.3, 0.4) is 0 Å². The molecule has 3 amide bonds. The Labute approximate surface area is 254 Å². The van der Waals surface area contributed by atoms with Crippen LogP contribution in [0.5, 0.6) is 5.75 Å². The van der Waals surface area contributed by atoms with Gasteiger partial charge >= 0.3 is 0 Å². The molecule has 0 fully saturated rings. The number of carbonyl (C=O) groups excluding carboxylic acids is 3. The molecule has 0 aliphatic carbocycles. The molecule has 0 spiro atoms. The summed E-state index contributed by atoms with van der Waals surface area (Å²) in [4.78, 5) is 39.7. The van der Waals surface area contributed by atoms with Crippen molar-refractivity contribution in [2.24, 2.45) is 0 Å². The molecule has 9 heteroatoms. The number of hydrogen-bond donors (Lipinski definition) is 3. The number of carbonyl (C=O) groups is 3. The van der Waals surface area contributed by atoms with E-state index < -0.39 is 11.8 Å². The monoisotopic (exact) mass is 599 g/mol. The van der Waals surface area contributed by atoms with Crippen LogP contribution < -0.4 is 20.7 Å². The van der Waals surface area contributed by atoms with E-state index in [0.29, 0.717) is 33.3 Å². The molecule has 0 heterocycles. The number of rotatable bonds is 10. The molecule has 0 aromatic heterocycles. The Balaban J connectivity index is 1.44. The van der Waals surface area contributed by atoms with Crippen LogP contribution in [0, 0.1) is 6.92 Å². The summed E-state index contributed by atoms with van der Waals surface area (Å²) >= 11 is 7.55. The highest BCUT2D eigenvalue weighted by Gasteiger charge is 2.17. The zero-order valence-electron chi connectivity index (χ0n) is 23.3. The Kier molecular flexibility index (Phi) is 10.4. The summed E-state index contributed by atoms with van der Waals surface area (Å²) in [6.07, 6.45) is 1.59. The molecule has 4 aromatic rings. The molecule has 0 saturated heterocycles. The summed E-state index contributed by atoms with van der Waals surface area (Å²) in [5.41, 5.74) is 3.27. The van der Waals surface area contributed by atoms with Gasteiger partial charge in [0.2, 0.25) is 5.91 Å². The molecule has 0 aliphatic rings. The second kappa shape index (κ2) is 14.4. The number of anilines is 2. The van der Waals surface area contributed by atoms with E-state index >= 15 is 0 Å². The normalized spacial score (nSPS) is 11.8. The Morgan fingerprint density at radius 2 is 1.57 bits per heavy atom. The standard InChI is InChI=1S/C33H30ClN3O4S/c1-21-12-13-26(20-29(21)34)36-31(38)22(2)42-28-16-14-25(15-17-28)35-33(40)30(19-23-8-7-11-27(18-23)41-3)37-32(39)24-9-5-4-6-10-24/h4-20,22H,1-3H3,(H,35,40)(H,36,38)(H,37,39)/b30-19-. The van der Waals surface area contributed by atoms with Gasteiger partial charge in [-0.15, -0.1) is 11.8 Å². The van der Waals surface area contributed by atoms with Crippen molar-refractivity contribution in [3.05, 3.63) is 124 Å². The second-order valence-electron chi connectivity index (χ2n) is 9.35. The van der Waals surface area contributed by atoms with E-state index in [1.54, 1.807) is 79.9 Å². The minimum atomic E-state index is -0.494. The summed E-state index contributed by atoms with van der Waals surface area (Å²) < 4.78 is 5.29. The van der Waals surface area contributed by atoms with Gasteiger partial charge in [-0.05, 0) is 91.7 Å². The summed E-state index contributed by atoms with van der Waals surface area (Å²) in [5.74, 6) is -0.436. The number of benzene rings is 4. The van der Waals surface area contributed by atoms with Gasteiger partial charge in [0.25, 0.3) is 11.8 Å². The Bertz CT molecular complexity index is 1610. The fourth-order valence-electron chi connectivity index (χ4n) is 3.83. The lowest BCUT2D eigenvalue weighted by atomic mass is 10.1. The lowest BCUT2D eigenvalue weighted by Crippen LogP contribution is -2.30. The summed E-state index contributed by atoms with van der Waals surface area (Å²) in [6, 6.07) is 28.3. The summed E-state index contributed by atoms with van der Waals surface area (Å²) in [6.45, 7) is 3.72. The molecule has 42 heavy (non-hydrogen) atoms. The van der Waals surface area contributed by atoms with E-state index in [0.717, 1.165) is 10.5 Å². The molecule has 0 saturated carbocycles. The minimum absolute atomic E-state index is 0.0667. The van der Waals surface area contributed by atoms with Crippen LogP contribution in [0.15, 0.2) is 108 Å². The zero-order valence-corrected chi connectivity index (χ0v) is 24.9. The van der Waals surface area contributed by atoms with Gasteiger partial charge in [0, 0.05) is 26.9 Å². The molecule has 0 bridgehead atoms. The molecular weight excluding hydrogens is 570 g/mol. The number of aryl methyl sites for hydroxylation is 1. The number of halogens is 1. The third-order valence-electron chi connectivity index (χ3n) is 6.17. The van der Waals surface area contributed by atoms with Gasteiger partial charge in [-0.3, -0.25) is 14.4 Å². The molecule has 7 nitrogen and oxygen atoms in total. The topological polar surface area (TPSA) is 96.5 Å². The average molecular weight is 600 g/mol. The predicted molar refractivity (Wildman–Crippen MR) is 170 cm³/mol. The van der Waals surface area contributed by atoms with E-state index in [9.17, 15) is 14.4 Å². The van der Waals surface area contributed by atoms with Crippen molar-refractivity contribution in [3.8, 4) is 5.75 Å². The summed E-state index contributed by atoms with van der Waals surface area (Å²) in [7, 11) is 1.56. The Hall–Kier alpha value is -4.53. The van der Waals surface area contributed by atoms with Crippen LogP contribution in [0.25, 0.3) is 6.08 Å². The SMILES string of the molecule is COc1cccc(/C=C(\NC(=O)c2ccccc2)C(=O)Nc2ccc(SC(C)C(=O)Nc3ccc(C)c(Cl)c3)cc2)c1. The van der Waals surface area contributed by atoms with E-state index in [-0.39, 0.29) is 16.9 Å². The summed E-state index contributed by atoms with van der Waals surface area (Å²) in [5, 5.41) is 8.66. The van der Waals surface area contributed by atoms with Crippen molar-refractivity contribution < 1.29 is 19.1 Å². The maximum Gasteiger partial charge on any atom is 0.272 e. The van der Waals surface area contributed by atoms with Gasteiger partial charge in [0.05, 0.1) is 12.4 Å². The quantitative estimate of drug-likeness (QED) is 0.132. The van der Waals surface area contributed by atoms with Crippen LogP contribution in [0.2, 0.25) is 5.02 Å². The maximum atomic E-state index is 13.3. The van der Waals surface area contributed by atoms with Gasteiger partial charge in [0.15, 0.2) is 0 Å². The van der Waals surface area contributed by atoms with Crippen molar-refractivity contribution in [3.63, 3.8) is 0 Å². The third kappa shape index (κ3) is 8.49. The van der Waals surface area contributed by atoms with Gasteiger partial charge in [-0.2, -0.15) is 0 Å². The first-order valence-corrected chi connectivity index (χ1v) is 14.3. The first-order chi connectivity index (χ1) is 20.2. The zero-order chi connectivity index (χ0) is 30.1. The average Bonchev–Trinajstić information content (AvgIpc) is 3.00. The Morgan fingerprint density at radius 3 is 2.26 bits per heavy atom. The molecule has 4 rings (SSSR count). The minimum Gasteiger partial charge on any atom is -0.497 e. The number of hydrogen-bond acceptors (Lipinski definition) is 5. The van der Waals surface area contributed by atoms with Crippen molar-refractivity contribution in [1.82, 2.24) is 5.32 Å². The van der Waals surface area contributed by atoms with Crippen molar-refractivity contribution >= 4 is 58.5 Å². The molecule has 214 valence electrons. The molecule has 3 N–H and O–H groups in total. The lowest BCUT2D eigenvalue weighted by molar-refractivity contribution is -0.115. The highest BCUT2D eigenvalue weighted by atomic mass is 35.5. The van der Waals surface area contributed by atoms with Crippen LogP contribution in [-0.4, -0.2) is 30.1 Å². The third-order valence-corrected chi connectivity index (χ3v) is 7.69. The lowest BCUT2D eigenvalue weighted by Gasteiger charge is -2.14.